The molecular weight excluding hydrogens is 400 g/mol. The third kappa shape index (κ3) is 4.37. The molecule has 1 saturated heterocycles. The van der Waals surface area contributed by atoms with E-state index in [9.17, 15) is 13.2 Å². The lowest BCUT2D eigenvalue weighted by Gasteiger charge is -2.35. The molecule has 1 fully saturated rings. The van der Waals surface area contributed by atoms with Crippen molar-refractivity contribution in [3.8, 4) is 5.75 Å². The van der Waals surface area contributed by atoms with Gasteiger partial charge in [-0.15, -0.1) is 0 Å². The molecule has 6 nitrogen and oxygen atoms in total. The molecule has 0 spiro atoms. The maximum absolute atomic E-state index is 13.5. The number of fused-ring (bicyclic) bond motifs is 1. The smallest absolute Gasteiger partial charge is 0.242 e. The Morgan fingerprint density at radius 2 is 1.83 bits per heavy atom. The topological polar surface area (TPSA) is 75.7 Å². The fourth-order valence-corrected chi connectivity index (χ4v) is 5.66. The molecular formula is C23H28N2O4S. The second kappa shape index (κ2) is 8.40. The molecule has 2 aliphatic rings. The van der Waals surface area contributed by atoms with Gasteiger partial charge in [-0.05, 0) is 25.0 Å². The number of ether oxygens (including phenoxy) is 1. The third-order valence-electron chi connectivity index (χ3n) is 5.90. The van der Waals surface area contributed by atoms with Crippen molar-refractivity contribution >= 4 is 15.7 Å². The average Bonchev–Trinajstić information content (AvgIpc) is 2.71. The number of hydrogen-bond acceptors (Lipinski definition) is 5. The Bertz CT molecular complexity index is 1020. The highest BCUT2D eigenvalue weighted by Crippen LogP contribution is 2.36. The van der Waals surface area contributed by atoms with Crippen LogP contribution in [0.25, 0.3) is 0 Å². The highest BCUT2D eigenvalue weighted by atomic mass is 32.2. The molecule has 30 heavy (non-hydrogen) atoms. The summed E-state index contributed by atoms with van der Waals surface area (Å²) >= 11 is 0. The normalized spacial score (nSPS) is 21.9. The van der Waals surface area contributed by atoms with E-state index in [4.69, 9.17) is 4.74 Å². The van der Waals surface area contributed by atoms with Crippen LogP contribution in [0.5, 0.6) is 5.75 Å². The zero-order valence-corrected chi connectivity index (χ0v) is 18.2. The maximum Gasteiger partial charge on any atom is 0.242 e. The van der Waals surface area contributed by atoms with Gasteiger partial charge in [0, 0.05) is 25.1 Å². The molecule has 2 unspecified atom stereocenters. The van der Waals surface area contributed by atoms with Crippen LogP contribution in [0.3, 0.4) is 0 Å². The minimum Gasteiger partial charge on any atom is -0.493 e. The van der Waals surface area contributed by atoms with E-state index in [2.05, 4.69) is 17.4 Å². The fourth-order valence-electron chi connectivity index (χ4n) is 4.43. The van der Waals surface area contributed by atoms with Crippen LogP contribution in [0.15, 0.2) is 42.5 Å². The van der Waals surface area contributed by atoms with Crippen molar-refractivity contribution in [2.45, 2.75) is 32.4 Å². The van der Waals surface area contributed by atoms with Crippen LogP contribution in [-0.4, -0.2) is 50.4 Å². The summed E-state index contributed by atoms with van der Waals surface area (Å²) < 4.78 is 29.7. The monoisotopic (exact) mass is 428 g/mol. The van der Waals surface area contributed by atoms with E-state index in [0.717, 1.165) is 28.0 Å². The Hall–Kier alpha value is -2.38. The molecule has 1 amide bonds. The lowest BCUT2D eigenvalue weighted by molar-refractivity contribution is -0.127. The van der Waals surface area contributed by atoms with Crippen LogP contribution < -0.4 is 10.1 Å². The number of hydrogen-bond donors (Lipinski definition) is 1. The number of carbonyl (C=O) groups is 1. The predicted octanol–water partition coefficient (Wildman–Crippen LogP) is 2.71. The Kier molecular flexibility index (Phi) is 5.84. The number of benzene rings is 2. The zero-order chi connectivity index (χ0) is 21.3. The first kappa shape index (κ1) is 20.9. The number of rotatable bonds is 4. The van der Waals surface area contributed by atoms with Gasteiger partial charge in [0.2, 0.25) is 5.91 Å². The molecule has 1 N–H and O–H groups in total. The van der Waals surface area contributed by atoms with E-state index in [1.165, 1.54) is 0 Å². The summed E-state index contributed by atoms with van der Waals surface area (Å²) in [6.45, 7) is 5.34. The van der Waals surface area contributed by atoms with Gasteiger partial charge in [-0.3, -0.25) is 9.69 Å². The predicted molar refractivity (Wildman–Crippen MR) is 116 cm³/mol. The number of sulfone groups is 1. The van der Waals surface area contributed by atoms with Crippen molar-refractivity contribution in [2.24, 2.45) is 0 Å². The van der Waals surface area contributed by atoms with Crippen molar-refractivity contribution < 1.29 is 17.9 Å². The first-order valence-corrected chi connectivity index (χ1v) is 12.2. The molecule has 7 heteroatoms. The number of nitrogens with zero attached hydrogens (tertiary/aromatic N) is 1. The molecule has 0 aliphatic carbocycles. The minimum atomic E-state index is -3.02. The van der Waals surface area contributed by atoms with E-state index in [-0.39, 0.29) is 23.5 Å². The number of amides is 1. The van der Waals surface area contributed by atoms with Gasteiger partial charge in [-0.1, -0.05) is 48.0 Å². The molecule has 160 valence electrons. The van der Waals surface area contributed by atoms with Crippen LogP contribution in [0.1, 0.15) is 40.8 Å². The second-order valence-electron chi connectivity index (χ2n) is 8.20. The fraction of sp³-hybridized carbons (Fsp3) is 0.435. The number of nitrogens with one attached hydrogen (secondary N) is 1. The largest absolute Gasteiger partial charge is 0.493 e. The van der Waals surface area contributed by atoms with Gasteiger partial charge in [0.15, 0.2) is 9.84 Å². The number of carbonyl (C=O) groups excluding carboxylic acids is 1. The maximum atomic E-state index is 13.5. The molecule has 4 rings (SSSR count). The summed E-state index contributed by atoms with van der Waals surface area (Å²) in [4.78, 5) is 15.5. The molecule has 0 aromatic heterocycles. The summed E-state index contributed by atoms with van der Waals surface area (Å²) in [5.74, 6) is 0.930. The first-order valence-electron chi connectivity index (χ1n) is 10.4. The van der Waals surface area contributed by atoms with Gasteiger partial charge in [0.1, 0.15) is 11.8 Å². The average molecular weight is 429 g/mol. The Morgan fingerprint density at radius 1 is 1.13 bits per heavy atom. The lowest BCUT2D eigenvalue weighted by atomic mass is 9.95. The van der Waals surface area contributed by atoms with Crippen molar-refractivity contribution in [2.75, 3.05) is 31.2 Å². The van der Waals surface area contributed by atoms with Gasteiger partial charge in [0.25, 0.3) is 0 Å². The SMILES string of the molecule is Cc1cc(C)c2c(c1)C(NC(=O)C(c1ccccc1)N1CCS(=O)(=O)CC1)CCO2. The van der Waals surface area contributed by atoms with Gasteiger partial charge < -0.3 is 10.1 Å². The summed E-state index contributed by atoms with van der Waals surface area (Å²) in [7, 11) is -3.02. The summed E-state index contributed by atoms with van der Waals surface area (Å²) in [6, 6.07) is 13.1. The summed E-state index contributed by atoms with van der Waals surface area (Å²) in [5, 5.41) is 3.24. The minimum absolute atomic E-state index is 0.0854. The second-order valence-corrected chi connectivity index (χ2v) is 10.5. The van der Waals surface area contributed by atoms with Crippen LogP contribution >= 0.6 is 0 Å². The molecule has 2 aromatic carbocycles. The third-order valence-corrected chi connectivity index (χ3v) is 7.51. The molecule has 2 heterocycles. The van der Waals surface area contributed by atoms with Crippen LogP contribution in [0.2, 0.25) is 0 Å². The molecule has 0 radical (unpaired) electrons. The van der Waals surface area contributed by atoms with E-state index < -0.39 is 15.9 Å². The molecule has 2 aromatic rings. The summed E-state index contributed by atoms with van der Waals surface area (Å²) in [5.41, 5.74) is 4.10. The molecule has 2 aliphatic heterocycles. The Morgan fingerprint density at radius 3 is 2.53 bits per heavy atom. The number of aryl methyl sites for hydroxylation is 2. The van der Waals surface area contributed by atoms with E-state index >= 15 is 0 Å². The first-order chi connectivity index (χ1) is 14.3. The quantitative estimate of drug-likeness (QED) is 0.810. The highest BCUT2D eigenvalue weighted by molar-refractivity contribution is 7.91. The van der Waals surface area contributed by atoms with E-state index in [0.29, 0.717) is 26.1 Å². The zero-order valence-electron chi connectivity index (χ0n) is 17.4. The van der Waals surface area contributed by atoms with Crippen molar-refractivity contribution in [3.63, 3.8) is 0 Å². The van der Waals surface area contributed by atoms with E-state index in [1.54, 1.807) is 0 Å². The van der Waals surface area contributed by atoms with Gasteiger partial charge in [-0.2, -0.15) is 0 Å². The standard InChI is InChI=1S/C23H28N2O4S/c1-16-14-17(2)22-19(15-16)20(8-11-29-22)24-23(26)21(18-6-4-3-5-7-18)25-9-12-30(27,28)13-10-25/h3-7,14-15,20-21H,8-13H2,1-2H3,(H,24,26). The molecule has 0 saturated carbocycles. The Labute approximate surface area is 178 Å². The van der Waals surface area contributed by atoms with Gasteiger partial charge in [0.05, 0.1) is 24.2 Å². The van der Waals surface area contributed by atoms with Gasteiger partial charge in [-0.25, -0.2) is 8.42 Å². The van der Waals surface area contributed by atoms with Crippen molar-refractivity contribution in [1.82, 2.24) is 10.2 Å². The van der Waals surface area contributed by atoms with Gasteiger partial charge >= 0.3 is 0 Å². The van der Waals surface area contributed by atoms with Crippen LogP contribution in [0.4, 0.5) is 0 Å². The van der Waals surface area contributed by atoms with E-state index in [1.807, 2.05) is 49.1 Å². The Balaban J connectivity index is 1.61. The van der Waals surface area contributed by atoms with Crippen molar-refractivity contribution in [3.05, 3.63) is 64.7 Å². The highest BCUT2D eigenvalue weighted by Gasteiger charge is 2.34. The molecule has 2 atom stereocenters. The van der Waals surface area contributed by atoms with Crippen LogP contribution in [0, 0.1) is 13.8 Å². The molecule has 0 bridgehead atoms. The summed E-state index contributed by atoms with van der Waals surface area (Å²) in [6.07, 6.45) is 0.706. The van der Waals surface area contributed by atoms with Crippen LogP contribution in [-0.2, 0) is 14.6 Å². The lowest BCUT2D eigenvalue weighted by Crippen LogP contribution is -2.48. The van der Waals surface area contributed by atoms with Crippen molar-refractivity contribution in [1.29, 1.82) is 0 Å².